The molecule has 0 bridgehead atoms. The number of carbonyl (C=O) groups excluding carboxylic acids is 1. The highest BCUT2D eigenvalue weighted by molar-refractivity contribution is 7.71. The molecule has 28 heavy (non-hydrogen) atoms. The van der Waals surface area contributed by atoms with Crippen LogP contribution in [0.2, 0.25) is 0 Å². The average Bonchev–Trinajstić information content (AvgIpc) is 2.68. The van der Waals surface area contributed by atoms with E-state index in [0.29, 0.717) is 23.4 Å². The number of aromatic amines is 2. The van der Waals surface area contributed by atoms with Gasteiger partial charge in [-0.2, -0.15) is 0 Å². The maximum absolute atomic E-state index is 12.8. The van der Waals surface area contributed by atoms with Crippen molar-refractivity contribution in [1.29, 1.82) is 0 Å². The molecular weight excluding hydrogens is 372 g/mol. The Kier molecular flexibility index (Phi) is 4.93. The summed E-state index contributed by atoms with van der Waals surface area (Å²) in [5, 5.41) is 3.27. The summed E-state index contributed by atoms with van der Waals surface area (Å²) in [6.45, 7) is 6.10. The van der Waals surface area contributed by atoms with E-state index in [1.165, 1.54) is 0 Å². The van der Waals surface area contributed by atoms with Crippen LogP contribution in [0.25, 0.3) is 0 Å². The lowest BCUT2D eigenvalue weighted by Crippen LogP contribution is -2.32. The molecule has 0 unspecified atom stereocenters. The molecule has 1 aromatic heterocycles. The number of allylic oxidation sites excluding steroid dienone is 2. The number of ketones is 1. The fourth-order valence-corrected chi connectivity index (χ4v) is 4.49. The first-order valence-electron chi connectivity index (χ1n) is 9.78. The second-order valence-corrected chi connectivity index (χ2v) is 7.60. The number of nitrogens with zero attached hydrogens (tertiary/aromatic N) is 1. The molecule has 0 spiro atoms. The molecule has 1 aliphatic carbocycles. The molecule has 0 saturated heterocycles. The first-order chi connectivity index (χ1) is 13.5. The lowest BCUT2D eigenvalue weighted by atomic mass is 9.76. The summed E-state index contributed by atoms with van der Waals surface area (Å²) in [5.74, 6) is 0.319. The van der Waals surface area contributed by atoms with Crippen LogP contribution in [0.1, 0.15) is 50.2 Å². The molecule has 6 nitrogen and oxygen atoms in total. The second kappa shape index (κ2) is 7.39. The van der Waals surface area contributed by atoms with Gasteiger partial charge in [-0.25, -0.2) is 0 Å². The van der Waals surface area contributed by atoms with Gasteiger partial charge in [0.1, 0.15) is 5.82 Å². The Morgan fingerprint density at radius 2 is 1.79 bits per heavy atom. The van der Waals surface area contributed by atoms with Gasteiger partial charge < -0.3 is 15.2 Å². The van der Waals surface area contributed by atoms with Crippen molar-refractivity contribution in [1.82, 2.24) is 9.97 Å². The van der Waals surface area contributed by atoms with E-state index in [0.717, 1.165) is 42.9 Å². The maximum Gasteiger partial charge on any atom is 0.257 e. The van der Waals surface area contributed by atoms with E-state index in [2.05, 4.69) is 46.2 Å². The Bertz CT molecular complexity index is 1060. The monoisotopic (exact) mass is 396 g/mol. The van der Waals surface area contributed by atoms with Gasteiger partial charge in [0.25, 0.3) is 5.56 Å². The molecule has 4 rings (SSSR count). The molecule has 2 aromatic rings. The summed E-state index contributed by atoms with van der Waals surface area (Å²) in [5.41, 5.74) is 3.96. The molecule has 146 valence electrons. The molecule has 1 aromatic carbocycles. The van der Waals surface area contributed by atoms with Gasteiger partial charge in [0.05, 0.1) is 5.56 Å². The SMILES string of the molecule is CCN(CC)c1ccc([C@@H]2C3=C(CCCC3=O)Nc3[nH]c(=S)[nH]c(=O)c32)cc1. The first kappa shape index (κ1) is 18.7. The zero-order valence-corrected chi connectivity index (χ0v) is 16.9. The zero-order valence-electron chi connectivity index (χ0n) is 16.1. The molecule has 7 heteroatoms. The van der Waals surface area contributed by atoms with Gasteiger partial charge in [-0.15, -0.1) is 0 Å². The quantitative estimate of drug-likeness (QED) is 0.684. The van der Waals surface area contributed by atoms with Crippen LogP contribution in [0.5, 0.6) is 0 Å². The molecule has 1 aliphatic heterocycles. The number of Topliss-reactive ketones (excluding diaryl/α,β-unsaturated/α-hetero) is 1. The first-order valence-corrected chi connectivity index (χ1v) is 10.2. The van der Waals surface area contributed by atoms with Crippen molar-refractivity contribution < 1.29 is 4.79 Å². The van der Waals surface area contributed by atoms with Crippen LogP contribution >= 0.6 is 12.2 Å². The predicted molar refractivity (Wildman–Crippen MR) is 114 cm³/mol. The molecule has 2 aliphatic rings. The summed E-state index contributed by atoms with van der Waals surface area (Å²) in [6.07, 6.45) is 2.13. The highest BCUT2D eigenvalue weighted by atomic mass is 32.1. The number of aromatic nitrogens is 2. The smallest absolute Gasteiger partial charge is 0.257 e. The standard InChI is InChI=1S/C21H24N4O2S/c1-3-25(4-2)13-10-8-12(9-11-13)16-17-14(6-5-7-15(17)26)22-19-18(16)20(27)24-21(28)23-19/h8-11,16H,3-7H2,1-2H3,(H3,22,23,24,27,28)/t16-/m1/s1. The predicted octanol–water partition coefficient (Wildman–Crippen LogP) is 3.84. The molecule has 0 saturated carbocycles. The minimum absolute atomic E-state index is 0.110. The molecular formula is C21H24N4O2S. The Balaban J connectivity index is 1.88. The van der Waals surface area contributed by atoms with E-state index in [1.807, 2.05) is 12.1 Å². The van der Waals surface area contributed by atoms with E-state index < -0.39 is 0 Å². The second-order valence-electron chi connectivity index (χ2n) is 7.19. The lowest BCUT2D eigenvalue weighted by molar-refractivity contribution is -0.116. The number of fused-ring (bicyclic) bond motifs is 1. The number of benzene rings is 1. The number of hydrogen-bond donors (Lipinski definition) is 3. The van der Waals surface area contributed by atoms with Crippen LogP contribution in [0.15, 0.2) is 40.3 Å². The van der Waals surface area contributed by atoms with Crippen molar-refractivity contribution in [2.45, 2.75) is 39.0 Å². The largest absolute Gasteiger partial charge is 0.372 e. The molecule has 3 N–H and O–H groups in total. The Labute approximate surface area is 168 Å². The molecule has 1 atom stereocenters. The van der Waals surface area contributed by atoms with Gasteiger partial charge >= 0.3 is 0 Å². The summed E-state index contributed by atoms with van der Waals surface area (Å²) < 4.78 is 0.276. The Morgan fingerprint density at radius 3 is 2.46 bits per heavy atom. The molecule has 0 radical (unpaired) electrons. The van der Waals surface area contributed by atoms with Gasteiger partial charge in [0, 0.05) is 42.4 Å². The van der Waals surface area contributed by atoms with Gasteiger partial charge in [-0.1, -0.05) is 12.1 Å². The van der Waals surface area contributed by atoms with Crippen LogP contribution in [0, 0.1) is 4.77 Å². The normalized spacial score (nSPS) is 18.4. The van der Waals surface area contributed by atoms with Crippen molar-refractivity contribution in [3.05, 3.63) is 61.8 Å². The van der Waals surface area contributed by atoms with E-state index >= 15 is 0 Å². The third-order valence-corrected chi connectivity index (χ3v) is 5.85. The summed E-state index contributed by atoms with van der Waals surface area (Å²) in [7, 11) is 0. The minimum atomic E-state index is -0.389. The fraction of sp³-hybridized carbons (Fsp3) is 0.381. The van der Waals surface area contributed by atoms with Gasteiger partial charge in [0.15, 0.2) is 10.6 Å². The lowest BCUT2D eigenvalue weighted by Gasteiger charge is -2.33. The van der Waals surface area contributed by atoms with Gasteiger partial charge in [-0.3, -0.25) is 14.6 Å². The maximum atomic E-state index is 12.8. The zero-order chi connectivity index (χ0) is 19.8. The van der Waals surface area contributed by atoms with E-state index in [4.69, 9.17) is 12.2 Å². The molecule has 0 amide bonds. The number of hydrogen-bond acceptors (Lipinski definition) is 5. The number of carbonyl (C=O) groups is 1. The average molecular weight is 397 g/mol. The van der Waals surface area contributed by atoms with Crippen LogP contribution in [-0.2, 0) is 4.79 Å². The van der Waals surface area contributed by atoms with Crippen molar-refractivity contribution in [3.63, 3.8) is 0 Å². The minimum Gasteiger partial charge on any atom is -0.372 e. The number of anilines is 2. The summed E-state index contributed by atoms with van der Waals surface area (Å²) in [4.78, 5) is 33.6. The Hall–Kier alpha value is -2.67. The van der Waals surface area contributed by atoms with Crippen LogP contribution < -0.4 is 15.8 Å². The number of nitrogens with one attached hydrogen (secondary N) is 3. The summed E-state index contributed by atoms with van der Waals surface area (Å²) in [6, 6.07) is 8.19. The Morgan fingerprint density at radius 1 is 1.07 bits per heavy atom. The van der Waals surface area contributed by atoms with Crippen molar-refractivity contribution in [2.75, 3.05) is 23.3 Å². The highest BCUT2D eigenvalue weighted by Gasteiger charge is 2.37. The number of H-pyrrole nitrogens is 2. The van der Waals surface area contributed by atoms with E-state index in [-0.39, 0.29) is 22.0 Å². The summed E-state index contributed by atoms with van der Waals surface area (Å²) >= 11 is 5.14. The molecule has 0 fully saturated rings. The number of rotatable bonds is 4. The van der Waals surface area contributed by atoms with Crippen LogP contribution in [-0.4, -0.2) is 28.8 Å². The third kappa shape index (κ3) is 3.09. The van der Waals surface area contributed by atoms with E-state index in [9.17, 15) is 9.59 Å². The molecule has 2 heterocycles. The topological polar surface area (TPSA) is 81.0 Å². The van der Waals surface area contributed by atoms with Crippen LogP contribution in [0.4, 0.5) is 11.5 Å². The van der Waals surface area contributed by atoms with Gasteiger partial charge in [0.2, 0.25) is 0 Å². The van der Waals surface area contributed by atoms with E-state index in [1.54, 1.807) is 0 Å². The van der Waals surface area contributed by atoms with Crippen molar-refractivity contribution >= 4 is 29.5 Å². The fourth-order valence-electron chi connectivity index (χ4n) is 4.29. The van der Waals surface area contributed by atoms with Gasteiger partial charge in [-0.05, 0) is 56.6 Å². The highest BCUT2D eigenvalue weighted by Crippen LogP contribution is 2.43. The van der Waals surface area contributed by atoms with Crippen molar-refractivity contribution in [2.24, 2.45) is 0 Å². The van der Waals surface area contributed by atoms with Crippen molar-refractivity contribution in [3.8, 4) is 0 Å². The third-order valence-electron chi connectivity index (χ3n) is 5.64. The van der Waals surface area contributed by atoms with Crippen LogP contribution in [0.3, 0.4) is 0 Å².